The predicted octanol–water partition coefficient (Wildman–Crippen LogP) is 2.61. The Balaban J connectivity index is 1.34. The summed E-state index contributed by atoms with van der Waals surface area (Å²) in [6.45, 7) is 4.22. The zero-order chi connectivity index (χ0) is 25.4. The molecule has 0 amide bonds. The highest BCUT2D eigenvalue weighted by molar-refractivity contribution is 14.1. The highest BCUT2D eigenvalue weighted by atomic mass is 127. The number of hydrogen-bond acceptors (Lipinski definition) is 6. The van der Waals surface area contributed by atoms with Crippen molar-refractivity contribution in [1.29, 1.82) is 0 Å². The van der Waals surface area contributed by atoms with Gasteiger partial charge in [0.25, 0.3) is 5.56 Å². The van der Waals surface area contributed by atoms with Crippen molar-refractivity contribution in [2.45, 2.75) is 24.8 Å². The summed E-state index contributed by atoms with van der Waals surface area (Å²) >= 11 is 2.26. The summed E-state index contributed by atoms with van der Waals surface area (Å²) in [5, 5.41) is 0. The minimum atomic E-state index is -3.65. The maximum Gasteiger partial charge on any atom is 0.330 e. The van der Waals surface area contributed by atoms with Crippen LogP contribution in [0.4, 0.5) is 5.69 Å². The second-order valence-corrected chi connectivity index (χ2v) is 11.8. The number of benzene rings is 2. The zero-order valence-corrected chi connectivity index (χ0v) is 22.5. The second-order valence-electron chi connectivity index (χ2n) is 8.59. The maximum absolute atomic E-state index is 13.2. The highest BCUT2D eigenvalue weighted by Gasteiger charge is 2.28. The number of sulfonamides is 1. The number of H-pyrrole nitrogens is 2. The van der Waals surface area contributed by atoms with Gasteiger partial charge in [0.2, 0.25) is 10.0 Å². The Morgan fingerprint density at radius 2 is 1.61 bits per heavy atom. The van der Waals surface area contributed by atoms with Crippen molar-refractivity contribution in [2.75, 3.05) is 31.1 Å². The number of halogens is 1. The normalized spacial score (nSPS) is 15.0. The minimum Gasteiger partial charge on any atom is -0.369 e. The van der Waals surface area contributed by atoms with Gasteiger partial charge in [0.05, 0.1) is 4.90 Å². The molecule has 10 nitrogen and oxygen atoms in total. The average molecular weight is 620 g/mol. The van der Waals surface area contributed by atoms with Crippen LogP contribution in [0.5, 0.6) is 0 Å². The molecular weight excluding hydrogens is 595 g/mol. The van der Waals surface area contributed by atoms with Crippen LogP contribution in [-0.2, 0) is 16.6 Å². The number of nitrogens with zero attached hydrogens (tertiary/aromatic N) is 4. The van der Waals surface area contributed by atoms with E-state index in [1.165, 1.54) is 4.31 Å². The molecule has 36 heavy (non-hydrogen) atoms. The van der Waals surface area contributed by atoms with Crippen molar-refractivity contribution in [1.82, 2.24) is 23.8 Å². The van der Waals surface area contributed by atoms with Gasteiger partial charge in [0.1, 0.15) is 11.3 Å². The van der Waals surface area contributed by atoms with Crippen molar-refractivity contribution in [2.24, 2.45) is 0 Å². The van der Waals surface area contributed by atoms with E-state index < -0.39 is 21.3 Å². The second kappa shape index (κ2) is 9.82. The summed E-state index contributed by atoms with van der Waals surface area (Å²) < 4.78 is 30.3. The fourth-order valence-corrected chi connectivity index (χ4v) is 6.13. The smallest absolute Gasteiger partial charge is 0.330 e. The van der Waals surface area contributed by atoms with E-state index in [1.807, 2.05) is 19.1 Å². The molecular formula is C24H25IN6O4S. The summed E-state index contributed by atoms with van der Waals surface area (Å²) in [5.74, 6) is 0.377. The van der Waals surface area contributed by atoms with Gasteiger partial charge in [-0.05, 0) is 77.5 Å². The quantitative estimate of drug-likeness (QED) is 0.320. The molecule has 2 aromatic carbocycles. The summed E-state index contributed by atoms with van der Waals surface area (Å²) in [5.41, 5.74) is 1.14. The van der Waals surface area contributed by atoms with Gasteiger partial charge in [-0.2, -0.15) is 4.31 Å². The topological polar surface area (TPSA) is 124 Å². The summed E-state index contributed by atoms with van der Waals surface area (Å²) in [6, 6.07) is 14.6. The van der Waals surface area contributed by atoms with Gasteiger partial charge in [-0.15, -0.1) is 0 Å². The van der Waals surface area contributed by atoms with Crippen molar-refractivity contribution in [3.05, 3.63) is 72.9 Å². The number of anilines is 1. The van der Waals surface area contributed by atoms with Crippen molar-refractivity contribution < 1.29 is 8.42 Å². The number of imidazole rings is 1. The number of piperazine rings is 1. The Morgan fingerprint density at radius 3 is 2.25 bits per heavy atom. The van der Waals surface area contributed by atoms with Crippen LogP contribution in [0.1, 0.15) is 13.3 Å². The summed E-state index contributed by atoms with van der Waals surface area (Å²) in [4.78, 5) is 37.2. The molecule has 4 aromatic rings. The van der Waals surface area contributed by atoms with Crippen LogP contribution < -0.4 is 16.1 Å². The molecule has 188 valence electrons. The van der Waals surface area contributed by atoms with Gasteiger partial charge in [-0.3, -0.25) is 14.3 Å². The lowest BCUT2D eigenvalue weighted by Crippen LogP contribution is -2.48. The molecule has 5 rings (SSSR count). The van der Waals surface area contributed by atoms with Gasteiger partial charge < -0.3 is 9.88 Å². The number of aromatic nitrogens is 4. The molecule has 1 aliphatic rings. The molecule has 0 bridgehead atoms. The summed E-state index contributed by atoms with van der Waals surface area (Å²) in [7, 11) is -3.65. The molecule has 2 aromatic heterocycles. The molecule has 0 atom stereocenters. The standard InChI is InChI=1S/C24H25IN6O4S/c1-2-11-31-23(32)20-22(28-24(31)33)27-21(26-20)16-3-9-19(10-4-16)36(34,35)30-14-12-29(13-15-30)18-7-5-17(25)6-8-18/h3-10H,2,11-15H2,1H3,(H,26,27)(H,28,33). The first-order chi connectivity index (χ1) is 17.3. The lowest BCUT2D eigenvalue weighted by Gasteiger charge is -2.35. The molecule has 1 aliphatic heterocycles. The van der Waals surface area contributed by atoms with E-state index in [4.69, 9.17) is 0 Å². The van der Waals surface area contributed by atoms with E-state index >= 15 is 0 Å². The van der Waals surface area contributed by atoms with Crippen LogP contribution >= 0.6 is 22.6 Å². The molecule has 0 radical (unpaired) electrons. The molecule has 0 aliphatic carbocycles. The lowest BCUT2D eigenvalue weighted by atomic mass is 10.2. The first kappa shape index (κ1) is 24.7. The largest absolute Gasteiger partial charge is 0.369 e. The number of rotatable bonds is 6. The van der Waals surface area contributed by atoms with E-state index in [0.717, 1.165) is 13.8 Å². The van der Waals surface area contributed by atoms with Crippen LogP contribution in [-0.4, -0.2) is 58.4 Å². The fraction of sp³-hybridized carbons (Fsp3) is 0.292. The van der Waals surface area contributed by atoms with E-state index in [9.17, 15) is 18.0 Å². The first-order valence-electron chi connectivity index (χ1n) is 11.6. The number of nitrogens with one attached hydrogen (secondary N) is 2. The molecule has 1 saturated heterocycles. The molecule has 0 spiro atoms. The van der Waals surface area contributed by atoms with E-state index in [0.29, 0.717) is 50.5 Å². The fourth-order valence-electron chi connectivity index (χ4n) is 4.35. The van der Waals surface area contributed by atoms with Crippen molar-refractivity contribution in [3.8, 4) is 11.4 Å². The molecule has 0 unspecified atom stereocenters. The zero-order valence-electron chi connectivity index (χ0n) is 19.6. The maximum atomic E-state index is 13.2. The molecule has 0 saturated carbocycles. The van der Waals surface area contributed by atoms with Crippen LogP contribution in [0.25, 0.3) is 22.6 Å². The third-order valence-corrected chi connectivity index (χ3v) is 8.91. The van der Waals surface area contributed by atoms with Crippen LogP contribution in [0.3, 0.4) is 0 Å². The first-order valence-corrected chi connectivity index (χ1v) is 14.1. The van der Waals surface area contributed by atoms with Crippen molar-refractivity contribution in [3.63, 3.8) is 0 Å². The Hall–Kier alpha value is -2.97. The Morgan fingerprint density at radius 1 is 0.944 bits per heavy atom. The predicted molar refractivity (Wildman–Crippen MR) is 147 cm³/mol. The third-order valence-electron chi connectivity index (χ3n) is 6.28. The molecule has 1 fully saturated rings. The van der Waals surface area contributed by atoms with Crippen LogP contribution in [0, 0.1) is 3.57 Å². The molecule has 12 heteroatoms. The summed E-state index contributed by atoms with van der Waals surface area (Å²) in [6.07, 6.45) is 0.645. The minimum absolute atomic E-state index is 0.176. The van der Waals surface area contributed by atoms with Crippen molar-refractivity contribution >= 4 is 49.5 Å². The SMILES string of the molecule is CCCn1c(=O)[nH]c2nc(-c3ccc(S(=O)(=O)N4CCN(c5ccc(I)cc5)CC4)cc3)[nH]c2c1=O. The van der Waals surface area contributed by atoms with Gasteiger partial charge in [-0.1, -0.05) is 6.92 Å². The number of aromatic amines is 2. The number of fused-ring (bicyclic) bond motifs is 1. The highest BCUT2D eigenvalue weighted by Crippen LogP contribution is 2.24. The Labute approximate surface area is 221 Å². The van der Waals surface area contributed by atoms with Crippen LogP contribution in [0.2, 0.25) is 0 Å². The van der Waals surface area contributed by atoms with Gasteiger partial charge in [-0.25, -0.2) is 18.2 Å². The molecule has 3 heterocycles. The van der Waals surface area contributed by atoms with E-state index in [1.54, 1.807) is 24.3 Å². The van der Waals surface area contributed by atoms with Gasteiger partial charge in [0.15, 0.2) is 5.65 Å². The van der Waals surface area contributed by atoms with Gasteiger partial charge in [0, 0.05) is 47.5 Å². The van der Waals surface area contributed by atoms with Gasteiger partial charge >= 0.3 is 5.69 Å². The van der Waals surface area contributed by atoms with E-state index in [2.05, 4.69) is 54.6 Å². The third kappa shape index (κ3) is 4.60. The average Bonchev–Trinajstić information content (AvgIpc) is 3.31. The number of hydrogen-bond donors (Lipinski definition) is 2. The van der Waals surface area contributed by atoms with Crippen LogP contribution in [0.15, 0.2) is 63.0 Å². The Bertz CT molecular complexity index is 1620. The molecule has 2 N–H and O–H groups in total. The lowest BCUT2D eigenvalue weighted by molar-refractivity contribution is 0.385. The monoisotopic (exact) mass is 620 g/mol. The Kier molecular flexibility index (Phi) is 6.74. The van der Waals surface area contributed by atoms with E-state index in [-0.39, 0.29) is 16.1 Å².